The molecule has 5 nitrogen and oxygen atoms in total. The number of hydrogen-bond donors (Lipinski definition) is 1. The van der Waals surface area contributed by atoms with Crippen molar-refractivity contribution in [1.29, 1.82) is 0 Å². The zero-order valence-corrected chi connectivity index (χ0v) is 19.6. The van der Waals surface area contributed by atoms with Crippen LogP contribution in [0.1, 0.15) is 22.3 Å². The van der Waals surface area contributed by atoms with Crippen LogP contribution in [-0.2, 0) is 16.6 Å². The van der Waals surface area contributed by atoms with E-state index in [0.717, 1.165) is 22.2 Å². The van der Waals surface area contributed by atoms with Crippen molar-refractivity contribution in [3.05, 3.63) is 87.2 Å². The Morgan fingerprint density at radius 2 is 1.61 bits per heavy atom. The summed E-state index contributed by atoms with van der Waals surface area (Å²) in [5.41, 5.74) is 6.00. The van der Waals surface area contributed by atoms with Gasteiger partial charge in [0.05, 0.1) is 22.4 Å². The summed E-state index contributed by atoms with van der Waals surface area (Å²) in [4.78, 5) is 4.53. The van der Waals surface area contributed by atoms with Crippen molar-refractivity contribution in [2.45, 2.75) is 32.2 Å². The number of anilines is 1. The third-order valence-electron chi connectivity index (χ3n) is 5.29. The number of rotatable bonds is 5. The first-order valence-corrected chi connectivity index (χ1v) is 11.9. The van der Waals surface area contributed by atoms with Gasteiger partial charge in [0.25, 0.3) is 10.0 Å². The van der Waals surface area contributed by atoms with Crippen LogP contribution in [0.5, 0.6) is 0 Å². The predicted molar refractivity (Wildman–Crippen MR) is 127 cm³/mol. The maximum atomic E-state index is 13.1. The van der Waals surface area contributed by atoms with Crippen molar-refractivity contribution in [2.75, 3.05) is 4.72 Å². The van der Waals surface area contributed by atoms with E-state index in [0.29, 0.717) is 17.7 Å². The highest BCUT2D eigenvalue weighted by molar-refractivity contribution is 7.92. The molecule has 0 spiro atoms. The number of aryl methyl sites for hydroxylation is 2. The Balaban J connectivity index is 1.78. The smallest absolute Gasteiger partial charge is 0.262 e. The Labute approximate surface area is 191 Å². The maximum Gasteiger partial charge on any atom is 0.262 e. The number of hydrogen-bond acceptors (Lipinski definition) is 3. The van der Waals surface area contributed by atoms with E-state index in [-0.39, 0.29) is 14.9 Å². The molecule has 31 heavy (non-hydrogen) atoms. The van der Waals surface area contributed by atoms with Gasteiger partial charge in [0.15, 0.2) is 0 Å². The normalized spacial score (nSPS) is 11.8. The van der Waals surface area contributed by atoms with Gasteiger partial charge in [0.1, 0.15) is 5.52 Å². The Morgan fingerprint density at radius 1 is 0.968 bits per heavy atom. The first kappa shape index (κ1) is 21.7. The number of benzene rings is 3. The van der Waals surface area contributed by atoms with Gasteiger partial charge in [-0.15, -0.1) is 0 Å². The number of imidazole rings is 1. The van der Waals surface area contributed by atoms with Crippen LogP contribution in [0.2, 0.25) is 10.0 Å². The van der Waals surface area contributed by atoms with Gasteiger partial charge in [-0.05, 0) is 61.7 Å². The van der Waals surface area contributed by atoms with Crippen LogP contribution in [0.3, 0.4) is 0 Å². The molecule has 1 N–H and O–H groups in total. The molecule has 1 aromatic heterocycles. The summed E-state index contributed by atoms with van der Waals surface area (Å²) in [6.45, 7) is 6.51. The average molecular weight is 474 g/mol. The molecule has 0 aliphatic rings. The van der Waals surface area contributed by atoms with Gasteiger partial charge in [-0.25, -0.2) is 13.4 Å². The molecular weight excluding hydrogens is 453 g/mol. The minimum Gasteiger partial charge on any atom is -0.326 e. The molecule has 0 fully saturated rings. The largest absolute Gasteiger partial charge is 0.326 e. The lowest BCUT2D eigenvalue weighted by molar-refractivity contribution is 0.601. The van der Waals surface area contributed by atoms with Gasteiger partial charge in [-0.1, -0.05) is 53.0 Å². The molecule has 4 rings (SSSR count). The Morgan fingerprint density at radius 3 is 2.26 bits per heavy atom. The molecule has 8 heteroatoms. The molecule has 0 saturated heterocycles. The molecule has 3 aromatic carbocycles. The molecule has 1 heterocycles. The summed E-state index contributed by atoms with van der Waals surface area (Å²) >= 11 is 12.0. The van der Waals surface area contributed by atoms with Crippen LogP contribution in [0.4, 0.5) is 5.69 Å². The molecule has 0 radical (unpaired) electrons. The van der Waals surface area contributed by atoms with Crippen molar-refractivity contribution in [3.63, 3.8) is 0 Å². The number of nitrogens with one attached hydrogen (secondary N) is 1. The van der Waals surface area contributed by atoms with Gasteiger partial charge in [0.2, 0.25) is 0 Å². The van der Waals surface area contributed by atoms with E-state index in [4.69, 9.17) is 23.2 Å². The summed E-state index contributed by atoms with van der Waals surface area (Å²) in [5.74, 6) is 0. The fourth-order valence-corrected chi connectivity index (χ4v) is 5.30. The molecule has 160 valence electrons. The summed E-state index contributed by atoms with van der Waals surface area (Å²) < 4.78 is 30.9. The van der Waals surface area contributed by atoms with Crippen LogP contribution in [0.25, 0.3) is 11.0 Å². The standard InChI is InChI=1S/C23H21Cl2N3O2S/c1-14-4-6-17(7-5-14)12-28-13-26-23-21(28)8-15(2)16(3)22(23)27-31(29,30)20-10-18(24)9-19(25)11-20/h4-11,13,27H,12H2,1-3H3. The van der Waals surface area contributed by atoms with E-state index in [1.165, 1.54) is 23.8 Å². The second-order valence-electron chi connectivity index (χ2n) is 7.63. The highest BCUT2D eigenvalue weighted by atomic mass is 35.5. The van der Waals surface area contributed by atoms with Crippen molar-refractivity contribution in [3.8, 4) is 0 Å². The predicted octanol–water partition coefficient (Wildman–Crippen LogP) is 6.12. The topological polar surface area (TPSA) is 64.0 Å². The first-order chi connectivity index (χ1) is 14.6. The van der Waals surface area contributed by atoms with Crippen LogP contribution in [0, 0.1) is 20.8 Å². The van der Waals surface area contributed by atoms with E-state index >= 15 is 0 Å². The molecule has 0 bridgehead atoms. The second kappa shape index (κ2) is 8.19. The van der Waals surface area contributed by atoms with Gasteiger partial charge in [0, 0.05) is 16.6 Å². The summed E-state index contributed by atoms with van der Waals surface area (Å²) in [5, 5.41) is 0.503. The quantitative estimate of drug-likeness (QED) is 0.379. The zero-order chi connectivity index (χ0) is 22.3. The maximum absolute atomic E-state index is 13.1. The Kier molecular flexibility index (Phi) is 5.73. The summed E-state index contributed by atoms with van der Waals surface area (Å²) in [6.07, 6.45) is 1.73. The van der Waals surface area contributed by atoms with Crippen LogP contribution < -0.4 is 4.72 Å². The van der Waals surface area contributed by atoms with Gasteiger partial charge in [-0.3, -0.25) is 4.72 Å². The molecule has 0 saturated carbocycles. The van der Waals surface area contributed by atoms with Crippen LogP contribution >= 0.6 is 23.2 Å². The Hall–Kier alpha value is -2.54. The van der Waals surface area contributed by atoms with Gasteiger partial charge < -0.3 is 4.57 Å². The van der Waals surface area contributed by atoms with Crippen molar-refractivity contribution in [2.24, 2.45) is 0 Å². The van der Waals surface area contributed by atoms with Crippen LogP contribution in [0.15, 0.2) is 59.8 Å². The lowest BCUT2D eigenvalue weighted by Crippen LogP contribution is -2.14. The van der Waals surface area contributed by atoms with E-state index in [2.05, 4.69) is 34.0 Å². The minimum atomic E-state index is -3.91. The lowest BCUT2D eigenvalue weighted by atomic mass is 10.1. The molecule has 0 atom stereocenters. The van der Waals surface area contributed by atoms with E-state index < -0.39 is 10.0 Å². The van der Waals surface area contributed by atoms with Gasteiger partial charge >= 0.3 is 0 Å². The van der Waals surface area contributed by atoms with Gasteiger partial charge in [-0.2, -0.15) is 0 Å². The number of halogens is 2. The number of nitrogens with zero attached hydrogens (tertiary/aromatic N) is 2. The van der Waals surface area contributed by atoms with E-state index in [1.54, 1.807) is 6.33 Å². The van der Waals surface area contributed by atoms with E-state index in [9.17, 15) is 8.42 Å². The fraction of sp³-hybridized carbons (Fsp3) is 0.174. The molecule has 0 aliphatic heterocycles. The summed E-state index contributed by atoms with van der Waals surface area (Å²) in [6, 6.07) is 14.6. The van der Waals surface area contributed by atoms with Crippen molar-refractivity contribution in [1.82, 2.24) is 9.55 Å². The van der Waals surface area contributed by atoms with Crippen molar-refractivity contribution < 1.29 is 8.42 Å². The highest BCUT2D eigenvalue weighted by Crippen LogP contribution is 2.32. The van der Waals surface area contributed by atoms with Crippen LogP contribution in [-0.4, -0.2) is 18.0 Å². The highest BCUT2D eigenvalue weighted by Gasteiger charge is 2.21. The number of aromatic nitrogens is 2. The number of sulfonamides is 1. The second-order valence-corrected chi connectivity index (χ2v) is 10.2. The van der Waals surface area contributed by atoms with Crippen molar-refractivity contribution >= 4 is 49.9 Å². The molecule has 0 amide bonds. The minimum absolute atomic E-state index is 0.00172. The lowest BCUT2D eigenvalue weighted by Gasteiger charge is -2.15. The zero-order valence-electron chi connectivity index (χ0n) is 17.3. The summed E-state index contributed by atoms with van der Waals surface area (Å²) in [7, 11) is -3.91. The monoisotopic (exact) mass is 473 g/mol. The number of fused-ring (bicyclic) bond motifs is 1. The SMILES string of the molecule is Cc1ccc(Cn2cnc3c(NS(=O)(=O)c4cc(Cl)cc(Cl)c4)c(C)c(C)cc32)cc1. The molecule has 0 aliphatic carbocycles. The third-order valence-corrected chi connectivity index (χ3v) is 7.06. The fourth-order valence-electron chi connectivity index (χ4n) is 3.44. The third kappa shape index (κ3) is 4.42. The molecular formula is C23H21Cl2N3O2S. The Bertz CT molecular complexity index is 1370. The molecule has 4 aromatic rings. The molecule has 0 unspecified atom stereocenters. The average Bonchev–Trinajstić information content (AvgIpc) is 3.08. The van der Waals surface area contributed by atoms with E-state index in [1.807, 2.05) is 31.4 Å². The first-order valence-electron chi connectivity index (χ1n) is 9.63.